The van der Waals surface area contributed by atoms with Gasteiger partial charge in [0.25, 0.3) is 0 Å². The van der Waals surface area contributed by atoms with Crippen molar-refractivity contribution in [3.8, 4) is 0 Å². The molecule has 1 fully saturated rings. The van der Waals surface area contributed by atoms with E-state index in [1.807, 2.05) is 6.07 Å². The number of amides is 1. The largest absolute Gasteiger partial charge is 0.353 e. The zero-order valence-electron chi connectivity index (χ0n) is 10.0. The molecule has 18 heavy (non-hydrogen) atoms. The molecule has 0 unspecified atom stereocenters. The molecule has 0 bridgehead atoms. The highest BCUT2D eigenvalue weighted by Gasteiger charge is 2.22. The van der Waals surface area contributed by atoms with E-state index >= 15 is 0 Å². The molecule has 0 aliphatic heterocycles. The summed E-state index contributed by atoms with van der Waals surface area (Å²) in [5, 5.41) is 6.06. The molecule has 1 amide bonds. The average Bonchev–Trinajstić information content (AvgIpc) is 3.07. The van der Waals surface area contributed by atoms with Crippen molar-refractivity contribution in [2.24, 2.45) is 0 Å². The van der Waals surface area contributed by atoms with Gasteiger partial charge in [0.2, 0.25) is 5.91 Å². The van der Waals surface area contributed by atoms with E-state index in [0.717, 1.165) is 22.9 Å². The van der Waals surface area contributed by atoms with Crippen molar-refractivity contribution in [3.05, 3.63) is 34.1 Å². The van der Waals surface area contributed by atoms with E-state index in [1.54, 1.807) is 0 Å². The van der Waals surface area contributed by atoms with E-state index in [2.05, 4.69) is 26.6 Å². The number of benzene rings is 1. The Morgan fingerprint density at radius 1 is 1.39 bits per heavy atom. The smallest absolute Gasteiger partial charge is 0.221 e. The van der Waals surface area contributed by atoms with Crippen molar-refractivity contribution < 1.29 is 9.18 Å². The quantitative estimate of drug-likeness (QED) is 0.791. The molecule has 2 rings (SSSR count). The lowest BCUT2D eigenvalue weighted by Gasteiger charge is -2.06. The van der Waals surface area contributed by atoms with Crippen LogP contribution in [0.3, 0.4) is 0 Å². The van der Waals surface area contributed by atoms with Gasteiger partial charge in [-0.2, -0.15) is 0 Å². The summed E-state index contributed by atoms with van der Waals surface area (Å²) >= 11 is 3.25. The number of halogens is 2. The molecule has 0 aromatic heterocycles. The molecule has 1 aliphatic carbocycles. The second-order valence-electron chi connectivity index (χ2n) is 4.55. The van der Waals surface area contributed by atoms with Gasteiger partial charge in [-0.15, -0.1) is 0 Å². The first-order valence-electron chi connectivity index (χ1n) is 6.08. The molecular weight excluding hydrogens is 299 g/mol. The summed E-state index contributed by atoms with van der Waals surface area (Å²) in [5.74, 6) is -0.168. The van der Waals surface area contributed by atoms with Crippen LogP contribution in [0.4, 0.5) is 4.39 Å². The normalized spacial score (nSPS) is 14.6. The lowest BCUT2D eigenvalue weighted by molar-refractivity contribution is -0.121. The van der Waals surface area contributed by atoms with E-state index in [1.165, 1.54) is 12.1 Å². The second-order valence-corrected chi connectivity index (χ2v) is 5.46. The Bertz CT molecular complexity index is 415. The molecule has 0 radical (unpaired) electrons. The van der Waals surface area contributed by atoms with Crippen LogP contribution in [-0.2, 0) is 11.3 Å². The van der Waals surface area contributed by atoms with Crippen molar-refractivity contribution in [1.82, 2.24) is 10.6 Å². The van der Waals surface area contributed by atoms with Gasteiger partial charge in [0.1, 0.15) is 5.82 Å². The number of nitrogens with one attached hydrogen (secondary N) is 2. The van der Waals surface area contributed by atoms with Crippen molar-refractivity contribution in [2.75, 3.05) is 6.54 Å². The first kappa shape index (κ1) is 13.5. The molecular formula is C13H16BrFN2O. The Balaban J connectivity index is 1.66. The molecule has 0 spiro atoms. The van der Waals surface area contributed by atoms with Crippen LogP contribution < -0.4 is 10.6 Å². The highest BCUT2D eigenvalue weighted by molar-refractivity contribution is 9.10. The van der Waals surface area contributed by atoms with Gasteiger partial charge in [-0.1, -0.05) is 15.9 Å². The van der Waals surface area contributed by atoms with Gasteiger partial charge in [0.15, 0.2) is 0 Å². The summed E-state index contributed by atoms with van der Waals surface area (Å²) in [6.45, 7) is 1.17. The zero-order valence-corrected chi connectivity index (χ0v) is 11.6. The van der Waals surface area contributed by atoms with Crippen molar-refractivity contribution in [2.45, 2.75) is 31.8 Å². The van der Waals surface area contributed by atoms with Gasteiger partial charge < -0.3 is 10.6 Å². The third-order valence-electron chi connectivity index (χ3n) is 2.72. The minimum Gasteiger partial charge on any atom is -0.353 e. The predicted molar refractivity (Wildman–Crippen MR) is 71.6 cm³/mol. The van der Waals surface area contributed by atoms with E-state index < -0.39 is 0 Å². The SMILES string of the molecule is O=C(CCNCc1cc(F)cc(Br)c1)NC1CC1. The Kier molecular flexibility index (Phi) is 4.72. The molecule has 0 atom stereocenters. The average molecular weight is 315 g/mol. The predicted octanol–water partition coefficient (Wildman–Crippen LogP) is 2.35. The molecule has 1 aromatic carbocycles. The van der Waals surface area contributed by atoms with Crippen LogP contribution in [0.2, 0.25) is 0 Å². The van der Waals surface area contributed by atoms with Crippen molar-refractivity contribution >= 4 is 21.8 Å². The summed E-state index contributed by atoms with van der Waals surface area (Å²) < 4.78 is 13.8. The van der Waals surface area contributed by atoms with Crippen molar-refractivity contribution in [3.63, 3.8) is 0 Å². The van der Waals surface area contributed by atoms with Gasteiger partial charge >= 0.3 is 0 Å². The molecule has 5 heteroatoms. The third-order valence-corrected chi connectivity index (χ3v) is 3.18. The Morgan fingerprint density at radius 2 is 2.17 bits per heavy atom. The first-order chi connectivity index (χ1) is 8.63. The minimum atomic E-state index is -0.257. The summed E-state index contributed by atoms with van der Waals surface area (Å²) in [6, 6.07) is 5.19. The standard InChI is InChI=1S/C13H16BrFN2O/c14-10-5-9(6-11(15)7-10)8-16-4-3-13(18)17-12-1-2-12/h5-7,12,16H,1-4,8H2,(H,17,18). The number of hydrogen-bond donors (Lipinski definition) is 2. The van der Waals surface area contributed by atoms with Crippen molar-refractivity contribution in [1.29, 1.82) is 0 Å². The van der Waals surface area contributed by atoms with Crippen LogP contribution in [0.1, 0.15) is 24.8 Å². The molecule has 1 aromatic rings. The Labute approximate surface area is 114 Å². The molecule has 0 heterocycles. The molecule has 2 N–H and O–H groups in total. The molecule has 1 aliphatic rings. The number of carbonyl (C=O) groups is 1. The summed E-state index contributed by atoms with van der Waals surface area (Å²) in [4.78, 5) is 11.4. The maximum absolute atomic E-state index is 13.1. The van der Waals surface area contributed by atoms with E-state index in [4.69, 9.17) is 0 Å². The molecule has 0 saturated heterocycles. The third kappa shape index (κ3) is 4.74. The zero-order chi connectivity index (χ0) is 13.0. The van der Waals surface area contributed by atoms with Gasteiger partial charge in [0, 0.05) is 30.0 Å². The topological polar surface area (TPSA) is 41.1 Å². The monoisotopic (exact) mass is 314 g/mol. The maximum atomic E-state index is 13.1. The van der Waals surface area contributed by atoms with Gasteiger partial charge in [-0.05, 0) is 36.6 Å². The van der Waals surface area contributed by atoms with Gasteiger partial charge in [-0.25, -0.2) is 4.39 Å². The molecule has 98 valence electrons. The second kappa shape index (κ2) is 6.29. The van der Waals surface area contributed by atoms with E-state index in [9.17, 15) is 9.18 Å². The minimum absolute atomic E-state index is 0.0884. The Hall–Kier alpha value is -0.940. The highest BCUT2D eigenvalue weighted by atomic mass is 79.9. The fourth-order valence-electron chi connectivity index (χ4n) is 1.68. The van der Waals surface area contributed by atoms with Crippen LogP contribution in [0.5, 0.6) is 0 Å². The lowest BCUT2D eigenvalue weighted by atomic mass is 10.2. The number of carbonyl (C=O) groups excluding carboxylic acids is 1. The number of hydrogen-bond acceptors (Lipinski definition) is 2. The number of rotatable bonds is 6. The van der Waals surface area contributed by atoms with Gasteiger partial charge in [0.05, 0.1) is 0 Å². The Morgan fingerprint density at radius 3 is 2.83 bits per heavy atom. The van der Waals surface area contributed by atoms with Crippen LogP contribution in [0.25, 0.3) is 0 Å². The van der Waals surface area contributed by atoms with Gasteiger partial charge in [-0.3, -0.25) is 4.79 Å². The highest BCUT2D eigenvalue weighted by Crippen LogP contribution is 2.18. The lowest BCUT2D eigenvalue weighted by Crippen LogP contribution is -2.29. The van der Waals surface area contributed by atoms with Crippen LogP contribution >= 0.6 is 15.9 Å². The van der Waals surface area contributed by atoms with E-state index in [-0.39, 0.29) is 11.7 Å². The summed E-state index contributed by atoms with van der Waals surface area (Å²) in [7, 11) is 0. The van der Waals surface area contributed by atoms with Crippen LogP contribution in [0, 0.1) is 5.82 Å². The van der Waals surface area contributed by atoms with Crippen LogP contribution in [-0.4, -0.2) is 18.5 Å². The van der Waals surface area contributed by atoms with Crippen LogP contribution in [0.15, 0.2) is 22.7 Å². The fraction of sp³-hybridized carbons (Fsp3) is 0.462. The fourth-order valence-corrected chi connectivity index (χ4v) is 2.19. The van der Waals surface area contributed by atoms with E-state index in [0.29, 0.717) is 25.6 Å². The maximum Gasteiger partial charge on any atom is 0.221 e. The first-order valence-corrected chi connectivity index (χ1v) is 6.88. The molecule has 1 saturated carbocycles. The summed E-state index contributed by atoms with van der Waals surface area (Å²) in [5.41, 5.74) is 0.865. The molecule has 3 nitrogen and oxygen atoms in total. The summed E-state index contributed by atoms with van der Waals surface area (Å²) in [6.07, 6.45) is 2.68.